The normalized spacial score (nSPS) is 19.1. The minimum absolute atomic E-state index is 0.128. The molecule has 3 rings (SSSR count). The molecule has 1 saturated heterocycles. The van der Waals surface area contributed by atoms with Gasteiger partial charge in [0.15, 0.2) is 0 Å². The van der Waals surface area contributed by atoms with E-state index in [1.807, 2.05) is 43.3 Å². The van der Waals surface area contributed by atoms with Gasteiger partial charge in [0.2, 0.25) is 0 Å². The molecule has 1 aromatic carbocycles. The van der Waals surface area contributed by atoms with Gasteiger partial charge in [-0.05, 0) is 30.8 Å². The number of nitrogens with zero attached hydrogens (tertiary/aromatic N) is 2. The van der Waals surface area contributed by atoms with Gasteiger partial charge in [0, 0.05) is 45.6 Å². The average molecular weight is 316 g/mol. The SMILES string of the molecule is CN(C)c1ccc(CNC(=O)C2=NOC3(CCNCC3)C2)cc1. The molecule has 0 unspecified atom stereocenters. The lowest BCUT2D eigenvalue weighted by molar-refractivity contribution is -0.115. The van der Waals surface area contributed by atoms with Crippen LogP contribution in [0.2, 0.25) is 0 Å². The van der Waals surface area contributed by atoms with Gasteiger partial charge in [-0.15, -0.1) is 0 Å². The lowest BCUT2D eigenvalue weighted by atomic mass is 9.87. The molecule has 124 valence electrons. The predicted molar refractivity (Wildman–Crippen MR) is 90.6 cm³/mol. The molecule has 0 aliphatic carbocycles. The van der Waals surface area contributed by atoms with Crippen LogP contribution in [0, 0.1) is 0 Å². The van der Waals surface area contributed by atoms with E-state index in [2.05, 4.69) is 15.8 Å². The zero-order valence-corrected chi connectivity index (χ0v) is 13.8. The van der Waals surface area contributed by atoms with Crippen LogP contribution in [0.15, 0.2) is 29.4 Å². The Balaban J connectivity index is 1.52. The van der Waals surface area contributed by atoms with E-state index in [0.29, 0.717) is 18.7 Å². The highest BCUT2D eigenvalue weighted by Gasteiger charge is 2.41. The molecule has 2 heterocycles. The Morgan fingerprint density at radius 2 is 2.00 bits per heavy atom. The quantitative estimate of drug-likeness (QED) is 0.878. The molecule has 0 radical (unpaired) electrons. The van der Waals surface area contributed by atoms with Gasteiger partial charge >= 0.3 is 0 Å². The number of rotatable bonds is 4. The zero-order valence-electron chi connectivity index (χ0n) is 13.8. The topological polar surface area (TPSA) is 66.0 Å². The van der Waals surface area contributed by atoms with Crippen LogP contribution in [0.1, 0.15) is 24.8 Å². The van der Waals surface area contributed by atoms with Crippen molar-refractivity contribution in [1.82, 2.24) is 10.6 Å². The van der Waals surface area contributed by atoms with Crippen molar-refractivity contribution in [3.8, 4) is 0 Å². The number of amides is 1. The predicted octanol–water partition coefficient (Wildman–Crippen LogP) is 1.27. The smallest absolute Gasteiger partial charge is 0.269 e. The molecular weight excluding hydrogens is 292 g/mol. The molecule has 0 aromatic heterocycles. The lowest BCUT2D eigenvalue weighted by Crippen LogP contribution is -2.43. The maximum Gasteiger partial charge on any atom is 0.269 e. The van der Waals surface area contributed by atoms with E-state index in [0.717, 1.165) is 37.2 Å². The lowest BCUT2D eigenvalue weighted by Gasteiger charge is -2.30. The van der Waals surface area contributed by atoms with E-state index in [1.165, 1.54) is 0 Å². The fourth-order valence-electron chi connectivity index (χ4n) is 2.99. The van der Waals surface area contributed by atoms with Gasteiger partial charge in [-0.25, -0.2) is 0 Å². The van der Waals surface area contributed by atoms with Crippen LogP contribution in [0.5, 0.6) is 0 Å². The Morgan fingerprint density at radius 1 is 1.30 bits per heavy atom. The number of hydrogen-bond acceptors (Lipinski definition) is 5. The summed E-state index contributed by atoms with van der Waals surface area (Å²) < 4.78 is 0. The first-order chi connectivity index (χ1) is 11.1. The molecule has 2 N–H and O–H groups in total. The van der Waals surface area contributed by atoms with Crippen molar-refractivity contribution in [2.24, 2.45) is 5.16 Å². The van der Waals surface area contributed by atoms with Gasteiger partial charge in [-0.3, -0.25) is 4.79 Å². The number of benzene rings is 1. The molecule has 0 atom stereocenters. The van der Waals surface area contributed by atoms with E-state index in [1.54, 1.807) is 0 Å². The number of oxime groups is 1. The van der Waals surface area contributed by atoms with E-state index >= 15 is 0 Å². The van der Waals surface area contributed by atoms with Gasteiger partial charge < -0.3 is 20.4 Å². The number of carbonyl (C=O) groups is 1. The summed E-state index contributed by atoms with van der Waals surface area (Å²) in [7, 11) is 4.01. The Kier molecular flexibility index (Phi) is 4.52. The van der Waals surface area contributed by atoms with E-state index < -0.39 is 0 Å². The maximum atomic E-state index is 12.3. The Hall–Kier alpha value is -2.08. The molecule has 6 heteroatoms. The van der Waals surface area contributed by atoms with Crippen LogP contribution in [0.3, 0.4) is 0 Å². The molecule has 6 nitrogen and oxygen atoms in total. The molecule has 1 aromatic rings. The highest BCUT2D eigenvalue weighted by molar-refractivity contribution is 6.39. The molecule has 1 spiro atoms. The molecule has 0 saturated carbocycles. The molecule has 0 bridgehead atoms. The summed E-state index contributed by atoms with van der Waals surface area (Å²) in [5.74, 6) is -0.128. The van der Waals surface area contributed by atoms with E-state index in [-0.39, 0.29) is 11.5 Å². The van der Waals surface area contributed by atoms with Crippen molar-refractivity contribution in [3.05, 3.63) is 29.8 Å². The second kappa shape index (κ2) is 6.58. The molecular formula is C17H24N4O2. The third kappa shape index (κ3) is 3.64. The summed E-state index contributed by atoms with van der Waals surface area (Å²) >= 11 is 0. The molecule has 23 heavy (non-hydrogen) atoms. The largest absolute Gasteiger partial charge is 0.388 e. The van der Waals surface area contributed by atoms with Gasteiger partial charge in [0.05, 0.1) is 0 Å². The van der Waals surface area contributed by atoms with Gasteiger partial charge in [0.1, 0.15) is 11.3 Å². The average Bonchev–Trinajstić information content (AvgIpc) is 2.97. The van der Waals surface area contributed by atoms with Crippen LogP contribution >= 0.6 is 0 Å². The summed E-state index contributed by atoms with van der Waals surface area (Å²) in [6.45, 7) is 2.34. The Morgan fingerprint density at radius 3 is 2.65 bits per heavy atom. The van der Waals surface area contributed by atoms with Crippen molar-refractivity contribution >= 4 is 17.3 Å². The highest BCUT2D eigenvalue weighted by atomic mass is 16.7. The van der Waals surface area contributed by atoms with Crippen molar-refractivity contribution < 1.29 is 9.63 Å². The molecule has 2 aliphatic rings. The van der Waals surface area contributed by atoms with Crippen LogP contribution in [0.4, 0.5) is 5.69 Å². The Bertz CT molecular complexity index is 589. The maximum absolute atomic E-state index is 12.3. The first kappa shape index (κ1) is 15.8. The van der Waals surface area contributed by atoms with Crippen LogP contribution in [0.25, 0.3) is 0 Å². The summed E-state index contributed by atoms with van der Waals surface area (Å²) in [6, 6.07) is 8.14. The van der Waals surface area contributed by atoms with E-state index in [9.17, 15) is 4.79 Å². The molecule has 2 aliphatic heterocycles. The van der Waals surface area contributed by atoms with Gasteiger partial charge in [-0.1, -0.05) is 17.3 Å². The summed E-state index contributed by atoms with van der Waals surface area (Å²) in [4.78, 5) is 19.9. The molecule has 1 fully saturated rings. The van der Waals surface area contributed by atoms with Crippen molar-refractivity contribution in [2.45, 2.75) is 31.4 Å². The monoisotopic (exact) mass is 316 g/mol. The van der Waals surface area contributed by atoms with Crippen molar-refractivity contribution in [3.63, 3.8) is 0 Å². The first-order valence-corrected chi connectivity index (χ1v) is 8.08. The second-order valence-electron chi connectivity index (χ2n) is 6.48. The third-order valence-electron chi connectivity index (χ3n) is 4.52. The van der Waals surface area contributed by atoms with Gasteiger partial charge in [0.25, 0.3) is 5.91 Å². The van der Waals surface area contributed by atoms with Crippen LogP contribution in [-0.2, 0) is 16.2 Å². The minimum atomic E-state index is -0.259. The van der Waals surface area contributed by atoms with E-state index in [4.69, 9.17) is 4.84 Å². The summed E-state index contributed by atoms with van der Waals surface area (Å²) in [5.41, 5.74) is 2.46. The first-order valence-electron chi connectivity index (χ1n) is 8.08. The Labute approximate surface area is 136 Å². The minimum Gasteiger partial charge on any atom is -0.388 e. The van der Waals surface area contributed by atoms with Crippen LogP contribution < -0.4 is 15.5 Å². The zero-order chi connectivity index (χ0) is 16.3. The fraction of sp³-hybridized carbons (Fsp3) is 0.529. The number of hydrogen-bond donors (Lipinski definition) is 2. The highest BCUT2D eigenvalue weighted by Crippen LogP contribution is 2.32. The number of piperidine rings is 1. The van der Waals surface area contributed by atoms with Gasteiger partial charge in [-0.2, -0.15) is 0 Å². The number of nitrogens with one attached hydrogen (secondary N) is 2. The second-order valence-corrected chi connectivity index (χ2v) is 6.48. The van der Waals surface area contributed by atoms with Crippen LogP contribution in [-0.4, -0.2) is 44.4 Å². The fourth-order valence-corrected chi connectivity index (χ4v) is 2.99. The molecule has 1 amide bonds. The van der Waals surface area contributed by atoms with Crippen molar-refractivity contribution in [2.75, 3.05) is 32.1 Å². The van der Waals surface area contributed by atoms with Crippen molar-refractivity contribution in [1.29, 1.82) is 0 Å². The number of carbonyl (C=O) groups excluding carboxylic acids is 1. The summed E-state index contributed by atoms with van der Waals surface area (Å²) in [5, 5.41) is 10.3. The number of anilines is 1. The summed E-state index contributed by atoms with van der Waals surface area (Å²) in [6.07, 6.45) is 2.42. The third-order valence-corrected chi connectivity index (χ3v) is 4.52. The standard InChI is InChI=1S/C17H24N4O2/c1-21(2)14-5-3-13(4-6-14)12-19-16(22)15-11-17(23-20-15)7-9-18-10-8-17/h3-6,18H,7-12H2,1-2H3,(H,19,22).